The largest absolute Gasteiger partial charge is 0.342 e. The second-order valence-electron chi connectivity index (χ2n) is 8.96. The van der Waals surface area contributed by atoms with E-state index in [0.717, 1.165) is 61.1 Å². The number of hydrogen-bond acceptors (Lipinski definition) is 7. The van der Waals surface area contributed by atoms with Gasteiger partial charge in [-0.1, -0.05) is 19.3 Å². The third-order valence-electron chi connectivity index (χ3n) is 6.80. The second-order valence-corrected chi connectivity index (χ2v) is 10.2. The predicted octanol–water partition coefficient (Wildman–Crippen LogP) is 4.26. The van der Waals surface area contributed by atoms with Gasteiger partial charge in [0, 0.05) is 30.1 Å². The van der Waals surface area contributed by atoms with Crippen molar-refractivity contribution in [3.8, 4) is 0 Å². The normalized spacial score (nSPS) is 18.8. The highest BCUT2D eigenvalue weighted by atomic mass is 32.1. The standard InChI is InChI=1S/C23H34N6OS/c1-16-17(2)31-23(25-16)27-21-14-24-13-20(26-21)18-9-11-29(12-10-18)15-22(30)28(3)19-7-5-4-6-8-19/h13-14,18-19H,4-12,15H2,1-3H3,(H,25,26,27). The number of aromatic nitrogens is 3. The molecule has 0 bridgehead atoms. The maximum atomic E-state index is 12.8. The van der Waals surface area contributed by atoms with E-state index in [-0.39, 0.29) is 5.91 Å². The fourth-order valence-electron chi connectivity index (χ4n) is 4.64. The average molecular weight is 443 g/mol. The van der Waals surface area contributed by atoms with Crippen LogP contribution in [0.15, 0.2) is 12.4 Å². The molecule has 1 aliphatic carbocycles. The molecule has 4 rings (SSSR count). The zero-order valence-electron chi connectivity index (χ0n) is 18.9. The van der Waals surface area contributed by atoms with E-state index in [1.54, 1.807) is 17.5 Å². The molecule has 0 spiro atoms. The van der Waals surface area contributed by atoms with Crippen molar-refractivity contribution < 1.29 is 4.79 Å². The Morgan fingerprint density at radius 2 is 1.87 bits per heavy atom. The Labute approximate surface area is 189 Å². The van der Waals surface area contributed by atoms with Crippen LogP contribution in [-0.2, 0) is 4.79 Å². The molecule has 0 aromatic carbocycles. The summed E-state index contributed by atoms with van der Waals surface area (Å²) in [6, 6.07) is 0.440. The monoisotopic (exact) mass is 442 g/mol. The predicted molar refractivity (Wildman–Crippen MR) is 125 cm³/mol. The third kappa shape index (κ3) is 5.60. The molecule has 7 nitrogen and oxygen atoms in total. The van der Waals surface area contributed by atoms with Crippen LogP contribution in [0, 0.1) is 13.8 Å². The maximum absolute atomic E-state index is 12.8. The van der Waals surface area contributed by atoms with Gasteiger partial charge in [0.05, 0.1) is 24.1 Å². The van der Waals surface area contributed by atoms with Gasteiger partial charge in [-0.2, -0.15) is 0 Å². The highest BCUT2D eigenvalue weighted by Gasteiger charge is 2.27. The van der Waals surface area contributed by atoms with Gasteiger partial charge >= 0.3 is 0 Å². The van der Waals surface area contributed by atoms with Gasteiger partial charge in [-0.15, -0.1) is 11.3 Å². The molecule has 1 aliphatic heterocycles. The van der Waals surface area contributed by atoms with Crippen LogP contribution < -0.4 is 5.32 Å². The number of likely N-dealkylation sites (N-methyl/N-ethyl adjacent to an activating group) is 1. The Morgan fingerprint density at radius 1 is 1.13 bits per heavy atom. The molecule has 3 heterocycles. The third-order valence-corrected chi connectivity index (χ3v) is 7.79. The number of likely N-dealkylation sites (tertiary alicyclic amines) is 1. The lowest BCUT2D eigenvalue weighted by molar-refractivity contribution is -0.134. The van der Waals surface area contributed by atoms with Gasteiger partial charge in [-0.25, -0.2) is 9.97 Å². The molecular formula is C23H34N6OS. The summed E-state index contributed by atoms with van der Waals surface area (Å²) in [5.74, 6) is 1.40. The Bertz CT molecular complexity index is 866. The van der Waals surface area contributed by atoms with Gasteiger partial charge < -0.3 is 10.2 Å². The fourth-order valence-corrected chi connectivity index (χ4v) is 5.46. The van der Waals surface area contributed by atoms with Crippen LogP contribution in [0.5, 0.6) is 0 Å². The van der Waals surface area contributed by atoms with Crippen LogP contribution in [0.4, 0.5) is 10.9 Å². The molecule has 8 heteroatoms. The van der Waals surface area contributed by atoms with E-state index in [9.17, 15) is 4.79 Å². The number of nitrogens with zero attached hydrogens (tertiary/aromatic N) is 5. The first-order valence-corrected chi connectivity index (χ1v) is 12.3. The molecule has 2 fully saturated rings. The van der Waals surface area contributed by atoms with Crippen molar-refractivity contribution in [2.24, 2.45) is 0 Å². The summed E-state index contributed by atoms with van der Waals surface area (Å²) in [7, 11) is 1.99. The minimum Gasteiger partial charge on any atom is -0.342 e. The molecular weight excluding hydrogens is 408 g/mol. The summed E-state index contributed by atoms with van der Waals surface area (Å²) in [6.07, 6.45) is 11.8. The lowest BCUT2D eigenvalue weighted by Gasteiger charge is -2.35. The van der Waals surface area contributed by atoms with Crippen molar-refractivity contribution in [3.05, 3.63) is 28.7 Å². The van der Waals surface area contributed by atoms with E-state index in [0.29, 0.717) is 18.5 Å². The Balaban J connectivity index is 1.29. The number of thiazole rings is 1. The van der Waals surface area contributed by atoms with E-state index < -0.39 is 0 Å². The van der Waals surface area contributed by atoms with Crippen molar-refractivity contribution in [1.82, 2.24) is 24.8 Å². The van der Waals surface area contributed by atoms with Crippen molar-refractivity contribution in [2.45, 2.75) is 70.8 Å². The number of hydrogen-bond donors (Lipinski definition) is 1. The van der Waals surface area contributed by atoms with Gasteiger partial charge in [0.25, 0.3) is 0 Å². The zero-order valence-corrected chi connectivity index (χ0v) is 19.7. The van der Waals surface area contributed by atoms with Crippen molar-refractivity contribution in [3.63, 3.8) is 0 Å². The summed E-state index contributed by atoms with van der Waals surface area (Å²) in [4.78, 5) is 32.0. The van der Waals surface area contributed by atoms with Crippen molar-refractivity contribution >= 4 is 28.2 Å². The minimum absolute atomic E-state index is 0.269. The molecule has 1 saturated carbocycles. The molecule has 1 N–H and O–H groups in total. The number of rotatable bonds is 6. The molecule has 2 aromatic heterocycles. The number of aryl methyl sites for hydroxylation is 2. The summed E-state index contributed by atoms with van der Waals surface area (Å²) in [6.45, 7) is 6.49. The van der Waals surface area contributed by atoms with Crippen LogP contribution in [-0.4, -0.2) is 63.4 Å². The van der Waals surface area contributed by atoms with Gasteiger partial charge in [0.2, 0.25) is 5.91 Å². The number of nitrogens with one attached hydrogen (secondary N) is 1. The molecule has 2 aliphatic rings. The number of carbonyl (C=O) groups is 1. The topological polar surface area (TPSA) is 74.2 Å². The zero-order chi connectivity index (χ0) is 21.8. The van der Waals surface area contributed by atoms with Crippen LogP contribution in [0.3, 0.4) is 0 Å². The van der Waals surface area contributed by atoms with Crippen LogP contribution in [0.1, 0.15) is 67.1 Å². The van der Waals surface area contributed by atoms with E-state index >= 15 is 0 Å². The maximum Gasteiger partial charge on any atom is 0.236 e. The number of carbonyl (C=O) groups excluding carboxylic acids is 1. The van der Waals surface area contributed by atoms with Crippen LogP contribution in [0.25, 0.3) is 0 Å². The first kappa shape index (κ1) is 22.1. The molecule has 31 heavy (non-hydrogen) atoms. The van der Waals surface area contributed by atoms with E-state index in [1.165, 1.54) is 24.1 Å². The molecule has 0 atom stereocenters. The smallest absolute Gasteiger partial charge is 0.236 e. The van der Waals surface area contributed by atoms with Crippen molar-refractivity contribution in [1.29, 1.82) is 0 Å². The molecule has 168 valence electrons. The van der Waals surface area contributed by atoms with Crippen LogP contribution in [0.2, 0.25) is 0 Å². The summed E-state index contributed by atoms with van der Waals surface area (Å²) in [5.41, 5.74) is 2.08. The lowest BCUT2D eigenvalue weighted by atomic mass is 9.93. The van der Waals surface area contributed by atoms with E-state index in [1.807, 2.05) is 25.1 Å². The molecule has 0 radical (unpaired) electrons. The summed E-state index contributed by atoms with van der Waals surface area (Å²) < 4.78 is 0. The first-order chi connectivity index (χ1) is 15.0. The Hall–Kier alpha value is -2.06. The van der Waals surface area contributed by atoms with Crippen LogP contribution >= 0.6 is 11.3 Å². The fraction of sp³-hybridized carbons (Fsp3) is 0.652. The number of piperidine rings is 1. The second kappa shape index (κ2) is 10.0. The summed E-state index contributed by atoms with van der Waals surface area (Å²) >= 11 is 1.64. The molecule has 1 saturated heterocycles. The molecule has 2 aromatic rings. The minimum atomic E-state index is 0.269. The highest BCUT2D eigenvalue weighted by molar-refractivity contribution is 7.15. The van der Waals surface area contributed by atoms with E-state index in [4.69, 9.17) is 4.98 Å². The van der Waals surface area contributed by atoms with Gasteiger partial charge in [0.15, 0.2) is 10.9 Å². The van der Waals surface area contributed by atoms with Gasteiger partial charge in [-0.05, 0) is 52.6 Å². The quantitative estimate of drug-likeness (QED) is 0.720. The van der Waals surface area contributed by atoms with E-state index in [2.05, 4.69) is 27.1 Å². The van der Waals surface area contributed by atoms with Gasteiger partial charge in [0.1, 0.15) is 0 Å². The Morgan fingerprint density at radius 3 is 2.55 bits per heavy atom. The highest BCUT2D eigenvalue weighted by Crippen LogP contribution is 2.29. The van der Waals surface area contributed by atoms with Gasteiger partial charge in [-0.3, -0.25) is 14.7 Å². The molecule has 0 unspecified atom stereocenters. The lowest BCUT2D eigenvalue weighted by Crippen LogP contribution is -2.45. The first-order valence-electron chi connectivity index (χ1n) is 11.5. The number of amides is 1. The SMILES string of the molecule is Cc1nc(Nc2cncc(C3CCN(CC(=O)N(C)C4CCCCC4)CC3)n2)sc1C. The Kier molecular flexibility index (Phi) is 7.17. The average Bonchev–Trinajstić information content (AvgIpc) is 3.11. The summed E-state index contributed by atoms with van der Waals surface area (Å²) in [5, 5.41) is 4.15. The number of anilines is 2. The molecule has 1 amide bonds. The van der Waals surface area contributed by atoms with Crippen molar-refractivity contribution in [2.75, 3.05) is 32.0 Å².